The van der Waals surface area contributed by atoms with Gasteiger partial charge in [0, 0.05) is 17.6 Å². The van der Waals surface area contributed by atoms with Gasteiger partial charge in [-0.05, 0) is 50.8 Å². The quantitative estimate of drug-likeness (QED) is 0.824. The van der Waals surface area contributed by atoms with Crippen LogP contribution < -0.4 is 0 Å². The third-order valence-corrected chi connectivity index (χ3v) is 6.94. The second kappa shape index (κ2) is 6.86. The summed E-state index contributed by atoms with van der Waals surface area (Å²) in [7, 11) is -3.61. The van der Waals surface area contributed by atoms with E-state index in [-0.39, 0.29) is 10.9 Å². The van der Waals surface area contributed by atoms with Gasteiger partial charge in [-0.15, -0.1) is 0 Å². The molecular weight excluding hydrogens is 348 g/mol. The van der Waals surface area contributed by atoms with E-state index < -0.39 is 10.0 Å². The van der Waals surface area contributed by atoms with Crippen molar-refractivity contribution in [1.29, 1.82) is 0 Å². The van der Waals surface area contributed by atoms with Gasteiger partial charge in [0.15, 0.2) is 5.76 Å². The van der Waals surface area contributed by atoms with Crippen molar-refractivity contribution in [1.82, 2.24) is 9.46 Å². The van der Waals surface area contributed by atoms with Crippen LogP contribution in [0.5, 0.6) is 0 Å². The first-order chi connectivity index (χ1) is 11.4. The third-order valence-electron chi connectivity index (χ3n) is 4.49. The molecule has 7 heteroatoms. The van der Waals surface area contributed by atoms with Crippen LogP contribution in [0.25, 0.3) is 0 Å². The molecule has 3 rings (SSSR count). The molecule has 0 aliphatic carbocycles. The van der Waals surface area contributed by atoms with E-state index in [1.165, 1.54) is 0 Å². The fraction of sp³-hybridized carbons (Fsp3) is 0.471. The topological polar surface area (TPSA) is 63.4 Å². The number of benzene rings is 1. The van der Waals surface area contributed by atoms with Gasteiger partial charge in [-0.1, -0.05) is 35.3 Å². The number of sulfonamides is 1. The lowest BCUT2D eigenvalue weighted by atomic mass is 9.98. The summed E-state index contributed by atoms with van der Waals surface area (Å²) in [6, 6.07) is 7.54. The molecule has 0 radical (unpaired) electrons. The van der Waals surface area contributed by atoms with E-state index in [1.54, 1.807) is 18.2 Å². The molecule has 0 spiro atoms. The number of rotatable bonds is 4. The Morgan fingerprint density at radius 1 is 1.25 bits per heavy atom. The zero-order valence-electron chi connectivity index (χ0n) is 13.8. The maximum Gasteiger partial charge on any atom is 0.248 e. The number of aromatic nitrogens is 1. The van der Waals surface area contributed by atoms with Crippen LogP contribution in [-0.4, -0.2) is 30.5 Å². The molecule has 1 atom stereocenters. The zero-order chi connectivity index (χ0) is 17.3. The molecule has 1 aromatic heterocycles. The normalized spacial score (nSPS) is 19.5. The lowest BCUT2D eigenvalue weighted by Gasteiger charge is -2.34. The van der Waals surface area contributed by atoms with Crippen LogP contribution in [0.3, 0.4) is 0 Å². The number of hydrogen-bond donors (Lipinski definition) is 0. The summed E-state index contributed by atoms with van der Waals surface area (Å²) in [6.45, 7) is 3.84. The Kier molecular flexibility index (Phi) is 4.99. The van der Waals surface area contributed by atoms with Crippen LogP contribution >= 0.6 is 11.6 Å². The Labute approximate surface area is 147 Å². The molecule has 24 heavy (non-hydrogen) atoms. The second-order valence-corrected chi connectivity index (χ2v) is 8.51. The van der Waals surface area contributed by atoms with Crippen molar-refractivity contribution in [3.05, 3.63) is 46.3 Å². The molecule has 1 aliphatic heterocycles. The highest BCUT2D eigenvalue weighted by Gasteiger charge is 2.37. The predicted molar refractivity (Wildman–Crippen MR) is 92.7 cm³/mol. The van der Waals surface area contributed by atoms with Gasteiger partial charge in [0.05, 0.1) is 0 Å². The molecule has 1 aromatic carbocycles. The average molecular weight is 369 g/mol. The van der Waals surface area contributed by atoms with E-state index in [1.807, 2.05) is 24.3 Å². The van der Waals surface area contributed by atoms with Gasteiger partial charge < -0.3 is 4.52 Å². The lowest BCUT2D eigenvalue weighted by Crippen LogP contribution is -2.45. The van der Waals surface area contributed by atoms with Gasteiger partial charge in [-0.2, -0.15) is 4.31 Å². The summed E-state index contributed by atoms with van der Waals surface area (Å²) in [5.41, 5.74) is 1.51. The van der Waals surface area contributed by atoms with Gasteiger partial charge >= 0.3 is 0 Å². The molecule has 0 N–H and O–H groups in total. The molecule has 0 amide bonds. The minimum Gasteiger partial charge on any atom is -0.360 e. The van der Waals surface area contributed by atoms with Crippen molar-refractivity contribution < 1.29 is 12.9 Å². The average Bonchev–Trinajstić information content (AvgIpc) is 2.89. The molecule has 0 saturated carbocycles. The predicted octanol–water partition coefficient (Wildman–Crippen LogP) is 3.73. The monoisotopic (exact) mass is 368 g/mol. The first-order valence-corrected chi connectivity index (χ1v) is 9.90. The summed E-state index contributed by atoms with van der Waals surface area (Å²) in [6.07, 6.45) is 3.44. The van der Waals surface area contributed by atoms with Gasteiger partial charge in [0.1, 0.15) is 10.6 Å². The van der Waals surface area contributed by atoms with Crippen molar-refractivity contribution in [2.75, 3.05) is 6.54 Å². The molecule has 1 unspecified atom stereocenters. The maximum absolute atomic E-state index is 13.1. The van der Waals surface area contributed by atoms with Crippen molar-refractivity contribution in [2.24, 2.45) is 0 Å². The molecular formula is C17H21ClN2O3S. The van der Waals surface area contributed by atoms with E-state index in [4.69, 9.17) is 16.1 Å². The van der Waals surface area contributed by atoms with Crippen molar-refractivity contribution >= 4 is 21.6 Å². The summed E-state index contributed by atoms with van der Waals surface area (Å²) < 4.78 is 33.0. The van der Waals surface area contributed by atoms with Crippen molar-refractivity contribution in [3.8, 4) is 0 Å². The maximum atomic E-state index is 13.1. The first kappa shape index (κ1) is 17.5. The Morgan fingerprint density at radius 2 is 1.96 bits per heavy atom. The van der Waals surface area contributed by atoms with E-state index in [0.29, 0.717) is 29.4 Å². The number of hydrogen-bond acceptors (Lipinski definition) is 4. The minimum absolute atomic E-state index is 0.0568. The molecule has 1 saturated heterocycles. The number of nitrogens with zero attached hydrogens (tertiary/aromatic N) is 2. The molecule has 5 nitrogen and oxygen atoms in total. The Morgan fingerprint density at radius 3 is 2.58 bits per heavy atom. The fourth-order valence-electron chi connectivity index (χ4n) is 3.35. The summed E-state index contributed by atoms with van der Waals surface area (Å²) in [5.74, 6) is 0.350. The van der Waals surface area contributed by atoms with Gasteiger partial charge in [-0.3, -0.25) is 0 Å². The SMILES string of the molecule is Cc1noc(C)c1S(=O)(=O)N1CCCCC1Cc1ccc(Cl)cc1. The largest absolute Gasteiger partial charge is 0.360 e. The highest BCUT2D eigenvalue weighted by Crippen LogP contribution is 2.30. The van der Waals surface area contributed by atoms with Gasteiger partial charge in [0.25, 0.3) is 0 Å². The molecule has 0 bridgehead atoms. The Hall–Kier alpha value is -1.37. The van der Waals surface area contributed by atoms with Gasteiger partial charge in [-0.25, -0.2) is 8.42 Å². The molecule has 2 aromatic rings. The molecule has 130 valence electrons. The Bertz CT molecular complexity index is 795. The molecule has 1 aliphatic rings. The highest BCUT2D eigenvalue weighted by atomic mass is 35.5. The van der Waals surface area contributed by atoms with E-state index >= 15 is 0 Å². The first-order valence-electron chi connectivity index (χ1n) is 8.09. The van der Waals surface area contributed by atoms with Crippen LogP contribution in [-0.2, 0) is 16.4 Å². The fourth-order valence-corrected chi connectivity index (χ4v) is 5.46. The van der Waals surface area contributed by atoms with Crippen LogP contribution in [0.1, 0.15) is 36.3 Å². The number of halogens is 1. The van der Waals surface area contributed by atoms with Gasteiger partial charge in [0.2, 0.25) is 10.0 Å². The van der Waals surface area contributed by atoms with Crippen molar-refractivity contribution in [3.63, 3.8) is 0 Å². The number of piperidine rings is 1. The smallest absolute Gasteiger partial charge is 0.248 e. The summed E-state index contributed by atoms with van der Waals surface area (Å²) in [5, 5.41) is 4.48. The van der Waals surface area contributed by atoms with Crippen LogP contribution in [0.4, 0.5) is 0 Å². The summed E-state index contributed by atoms with van der Waals surface area (Å²) >= 11 is 5.93. The number of aryl methyl sites for hydroxylation is 2. The van der Waals surface area contributed by atoms with E-state index in [2.05, 4.69) is 5.16 Å². The highest BCUT2D eigenvalue weighted by molar-refractivity contribution is 7.89. The third kappa shape index (κ3) is 3.36. The summed E-state index contributed by atoms with van der Waals surface area (Å²) in [4.78, 5) is 0.213. The van der Waals surface area contributed by atoms with Crippen LogP contribution in [0.2, 0.25) is 5.02 Å². The molecule has 1 fully saturated rings. The van der Waals surface area contributed by atoms with Crippen LogP contribution in [0.15, 0.2) is 33.7 Å². The van der Waals surface area contributed by atoms with E-state index in [0.717, 1.165) is 24.8 Å². The van der Waals surface area contributed by atoms with E-state index in [9.17, 15) is 8.42 Å². The van der Waals surface area contributed by atoms with Crippen LogP contribution in [0, 0.1) is 13.8 Å². The second-order valence-electron chi connectivity index (χ2n) is 6.25. The lowest BCUT2D eigenvalue weighted by molar-refractivity contribution is 0.250. The molecule has 2 heterocycles. The standard InChI is InChI=1S/C17H21ClN2O3S/c1-12-17(13(2)23-19-12)24(21,22)20-10-4-3-5-16(20)11-14-6-8-15(18)9-7-14/h6-9,16H,3-5,10-11H2,1-2H3. The van der Waals surface area contributed by atoms with Crippen molar-refractivity contribution in [2.45, 2.75) is 50.5 Å². The Balaban J connectivity index is 1.90. The minimum atomic E-state index is -3.61. The zero-order valence-corrected chi connectivity index (χ0v) is 15.4.